The molecule has 0 spiro atoms. The Kier molecular flexibility index (Phi) is 2.76. The molecule has 1 rings (SSSR count). The van der Waals surface area contributed by atoms with Crippen molar-refractivity contribution in [2.75, 3.05) is 5.73 Å². The highest BCUT2D eigenvalue weighted by Crippen LogP contribution is 2.38. The zero-order chi connectivity index (χ0) is 11.8. The third kappa shape index (κ3) is 2.12. The normalized spacial score (nSPS) is 13.9. The van der Waals surface area contributed by atoms with Gasteiger partial charge in [-0.1, -0.05) is 0 Å². The van der Waals surface area contributed by atoms with Gasteiger partial charge >= 0.3 is 6.18 Å². The van der Waals surface area contributed by atoms with Gasteiger partial charge in [0.25, 0.3) is 0 Å². The first-order valence-electron chi connectivity index (χ1n) is 3.84. The van der Waals surface area contributed by atoms with Crippen LogP contribution in [0.5, 0.6) is 5.75 Å². The van der Waals surface area contributed by atoms with Crippen molar-refractivity contribution in [2.24, 2.45) is 5.73 Å². The van der Waals surface area contributed by atoms with Crippen LogP contribution in [-0.2, 0) is 0 Å². The number of alkyl halides is 3. The van der Waals surface area contributed by atoms with Crippen LogP contribution in [0, 0.1) is 5.82 Å². The molecular formula is C8H8F4N2O. The first-order valence-corrected chi connectivity index (χ1v) is 3.84. The smallest absolute Gasteiger partial charge is 0.407 e. The molecule has 7 heteroatoms. The van der Waals surface area contributed by atoms with E-state index in [0.29, 0.717) is 0 Å². The maximum Gasteiger partial charge on any atom is 0.407 e. The largest absolute Gasteiger partial charge is 0.505 e. The van der Waals surface area contributed by atoms with E-state index in [1.165, 1.54) is 0 Å². The minimum absolute atomic E-state index is 0.355. The van der Waals surface area contributed by atoms with Crippen LogP contribution in [0.3, 0.4) is 0 Å². The molecule has 0 aliphatic rings. The Morgan fingerprint density at radius 3 is 2.27 bits per heavy atom. The van der Waals surface area contributed by atoms with E-state index in [1.807, 2.05) is 0 Å². The average Bonchev–Trinajstić information content (AvgIpc) is 2.10. The first-order chi connectivity index (χ1) is 6.75. The van der Waals surface area contributed by atoms with Gasteiger partial charge in [0, 0.05) is 0 Å². The fourth-order valence-corrected chi connectivity index (χ4v) is 1.06. The minimum atomic E-state index is -4.84. The lowest BCUT2D eigenvalue weighted by Crippen LogP contribution is -2.29. The van der Waals surface area contributed by atoms with Crippen molar-refractivity contribution in [3.8, 4) is 5.75 Å². The number of hydrogen-bond acceptors (Lipinski definition) is 3. The van der Waals surface area contributed by atoms with Crippen molar-refractivity contribution in [1.29, 1.82) is 0 Å². The number of rotatable bonds is 1. The summed E-state index contributed by atoms with van der Waals surface area (Å²) in [5, 5.41) is 9.17. The van der Waals surface area contributed by atoms with Crippen molar-refractivity contribution >= 4 is 5.69 Å². The number of nitrogen functional groups attached to an aromatic ring is 1. The maximum absolute atomic E-state index is 13.0. The Labute approximate surface area is 82.3 Å². The number of nitrogens with two attached hydrogens (primary N) is 2. The minimum Gasteiger partial charge on any atom is -0.505 e. The highest BCUT2D eigenvalue weighted by atomic mass is 19.4. The van der Waals surface area contributed by atoms with Crippen molar-refractivity contribution in [2.45, 2.75) is 12.2 Å². The number of phenols is 1. The molecule has 0 aliphatic heterocycles. The first kappa shape index (κ1) is 11.6. The quantitative estimate of drug-likeness (QED) is 0.386. The summed E-state index contributed by atoms with van der Waals surface area (Å²) in [6.07, 6.45) is -4.84. The van der Waals surface area contributed by atoms with Crippen LogP contribution in [0.15, 0.2) is 12.1 Å². The van der Waals surface area contributed by atoms with E-state index >= 15 is 0 Å². The third-order valence-corrected chi connectivity index (χ3v) is 1.86. The Hall–Kier alpha value is -1.50. The molecule has 15 heavy (non-hydrogen) atoms. The molecule has 0 aliphatic carbocycles. The van der Waals surface area contributed by atoms with Gasteiger partial charge in [0.1, 0.15) is 17.6 Å². The van der Waals surface area contributed by atoms with Gasteiger partial charge in [-0.05, 0) is 12.1 Å². The molecule has 0 aromatic heterocycles. The highest BCUT2D eigenvalue weighted by Gasteiger charge is 2.41. The average molecular weight is 224 g/mol. The fraction of sp³-hybridized carbons (Fsp3) is 0.250. The lowest BCUT2D eigenvalue weighted by molar-refractivity contribution is -0.150. The molecule has 1 aromatic carbocycles. The molecule has 0 unspecified atom stereocenters. The molecule has 1 aromatic rings. The molecule has 0 heterocycles. The molecule has 0 saturated carbocycles. The van der Waals surface area contributed by atoms with Crippen LogP contribution in [0.1, 0.15) is 11.6 Å². The molecular weight excluding hydrogens is 216 g/mol. The van der Waals surface area contributed by atoms with E-state index in [9.17, 15) is 17.6 Å². The zero-order valence-corrected chi connectivity index (χ0v) is 7.35. The summed E-state index contributed by atoms with van der Waals surface area (Å²) < 4.78 is 49.6. The standard InChI is InChI=1S/C8H8F4N2O/c9-3-1-2-4(13)6(15)5(3)7(14)8(10,11)12/h1-2,7,15H,13-14H2/t7-/m0/s1. The molecule has 0 radical (unpaired) electrons. The molecule has 84 valence electrons. The Balaban J connectivity index is 3.31. The van der Waals surface area contributed by atoms with E-state index in [0.717, 1.165) is 12.1 Å². The molecule has 0 saturated heterocycles. The highest BCUT2D eigenvalue weighted by molar-refractivity contribution is 5.57. The number of aromatic hydroxyl groups is 1. The SMILES string of the molecule is Nc1ccc(F)c([C@H](N)C(F)(F)F)c1O. The Morgan fingerprint density at radius 1 is 1.27 bits per heavy atom. The van der Waals surface area contributed by atoms with Gasteiger partial charge in [-0.25, -0.2) is 4.39 Å². The lowest BCUT2D eigenvalue weighted by Gasteiger charge is -2.18. The van der Waals surface area contributed by atoms with Gasteiger partial charge in [-0.2, -0.15) is 13.2 Å². The summed E-state index contributed by atoms with van der Waals surface area (Å²) in [4.78, 5) is 0. The Morgan fingerprint density at radius 2 is 1.80 bits per heavy atom. The van der Waals surface area contributed by atoms with E-state index < -0.39 is 29.3 Å². The second-order valence-electron chi connectivity index (χ2n) is 2.92. The van der Waals surface area contributed by atoms with Gasteiger partial charge < -0.3 is 16.6 Å². The second-order valence-corrected chi connectivity index (χ2v) is 2.92. The summed E-state index contributed by atoms with van der Waals surface area (Å²) >= 11 is 0. The molecule has 0 fully saturated rings. The molecule has 3 nitrogen and oxygen atoms in total. The fourth-order valence-electron chi connectivity index (χ4n) is 1.06. The third-order valence-electron chi connectivity index (χ3n) is 1.86. The van der Waals surface area contributed by atoms with Crippen LogP contribution in [-0.4, -0.2) is 11.3 Å². The van der Waals surface area contributed by atoms with Crippen LogP contribution in [0.25, 0.3) is 0 Å². The number of hydrogen-bond donors (Lipinski definition) is 3. The number of benzene rings is 1. The van der Waals surface area contributed by atoms with Crippen LogP contribution < -0.4 is 11.5 Å². The van der Waals surface area contributed by atoms with Gasteiger partial charge in [0.15, 0.2) is 0 Å². The van der Waals surface area contributed by atoms with E-state index in [2.05, 4.69) is 0 Å². The second kappa shape index (κ2) is 3.58. The predicted octanol–water partition coefficient (Wildman–Crippen LogP) is 1.68. The molecule has 0 bridgehead atoms. The Bertz CT molecular complexity index is 378. The van der Waals surface area contributed by atoms with E-state index in [-0.39, 0.29) is 5.69 Å². The number of phenolic OH excluding ortho intramolecular Hbond substituents is 1. The van der Waals surface area contributed by atoms with Crippen molar-refractivity contribution < 1.29 is 22.7 Å². The van der Waals surface area contributed by atoms with E-state index in [4.69, 9.17) is 16.6 Å². The van der Waals surface area contributed by atoms with Crippen LogP contribution >= 0.6 is 0 Å². The van der Waals surface area contributed by atoms with Crippen molar-refractivity contribution in [3.05, 3.63) is 23.5 Å². The summed E-state index contributed by atoms with van der Waals surface area (Å²) in [6.45, 7) is 0. The lowest BCUT2D eigenvalue weighted by atomic mass is 10.0. The number of anilines is 1. The van der Waals surface area contributed by atoms with Crippen molar-refractivity contribution in [1.82, 2.24) is 0 Å². The van der Waals surface area contributed by atoms with Crippen LogP contribution in [0.4, 0.5) is 23.2 Å². The molecule has 1 atom stereocenters. The molecule has 0 amide bonds. The topological polar surface area (TPSA) is 72.3 Å². The summed E-state index contributed by atoms with van der Waals surface area (Å²) in [6, 6.07) is -0.922. The van der Waals surface area contributed by atoms with Gasteiger partial charge in [0.2, 0.25) is 0 Å². The summed E-state index contributed by atoms with van der Waals surface area (Å²) in [7, 11) is 0. The van der Waals surface area contributed by atoms with Gasteiger partial charge in [-0.15, -0.1) is 0 Å². The molecule has 5 N–H and O–H groups in total. The van der Waals surface area contributed by atoms with E-state index in [1.54, 1.807) is 0 Å². The summed E-state index contributed by atoms with van der Waals surface area (Å²) in [5.74, 6) is -2.22. The maximum atomic E-state index is 13.0. The predicted molar refractivity (Wildman–Crippen MR) is 45.5 cm³/mol. The monoisotopic (exact) mass is 224 g/mol. The van der Waals surface area contributed by atoms with Gasteiger partial charge in [-0.3, -0.25) is 0 Å². The van der Waals surface area contributed by atoms with Crippen molar-refractivity contribution in [3.63, 3.8) is 0 Å². The zero-order valence-electron chi connectivity index (χ0n) is 7.35. The van der Waals surface area contributed by atoms with Crippen LogP contribution in [0.2, 0.25) is 0 Å². The summed E-state index contributed by atoms with van der Waals surface area (Å²) in [5.41, 5.74) is 8.50. The number of halogens is 4. The van der Waals surface area contributed by atoms with Gasteiger partial charge in [0.05, 0.1) is 11.3 Å².